The molecule has 2 nitrogen and oxygen atoms in total. The fourth-order valence-electron chi connectivity index (χ4n) is 2.34. The van der Waals surface area contributed by atoms with Gasteiger partial charge in [-0.1, -0.05) is 18.6 Å². The number of hydrogen-bond acceptors (Lipinski definition) is 2. The molecule has 2 rings (SSSR count). The van der Waals surface area contributed by atoms with Gasteiger partial charge in [0.15, 0.2) is 0 Å². The van der Waals surface area contributed by atoms with E-state index in [9.17, 15) is 0 Å². The lowest BCUT2D eigenvalue weighted by molar-refractivity contribution is 0.175. The van der Waals surface area contributed by atoms with Gasteiger partial charge in [0.1, 0.15) is 0 Å². The molecule has 1 saturated heterocycles. The Morgan fingerprint density at radius 2 is 1.93 bits per heavy atom. The maximum atomic E-state index is 5.81. The standard InChI is InChI=1S/C13H20N2/c1-11(15-8-3-2-4-9-15)12-6-5-7-13(14)10-12/h5-7,10-11H,2-4,8-9,14H2,1H3. The molecule has 0 bridgehead atoms. The normalized spacial score (nSPS) is 20.1. The fraction of sp³-hybridized carbons (Fsp3) is 0.538. The molecule has 0 radical (unpaired) electrons. The minimum Gasteiger partial charge on any atom is -0.399 e. The van der Waals surface area contributed by atoms with Crippen LogP contribution in [0.25, 0.3) is 0 Å². The van der Waals surface area contributed by atoms with Crippen LogP contribution in [-0.4, -0.2) is 18.0 Å². The van der Waals surface area contributed by atoms with Crippen LogP contribution < -0.4 is 5.73 Å². The largest absolute Gasteiger partial charge is 0.399 e. The van der Waals surface area contributed by atoms with E-state index in [1.807, 2.05) is 12.1 Å². The van der Waals surface area contributed by atoms with Crippen molar-refractivity contribution in [1.29, 1.82) is 0 Å². The van der Waals surface area contributed by atoms with Crippen LogP contribution in [0.1, 0.15) is 37.8 Å². The van der Waals surface area contributed by atoms with Crippen molar-refractivity contribution >= 4 is 5.69 Å². The molecule has 0 aliphatic carbocycles. The Morgan fingerprint density at radius 1 is 1.20 bits per heavy atom. The van der Waals surface area contributed by atoms with Gasteiger partial charge in [0.25, 0.3) is 0 Å². The van der Waals surface area contributed by atoms with Crippen LogP contribution in [0.4, 0.5) is 5.69 Å². The predicted octanol–water partition coefficient (Wildman–Crippen LogP) is 2.82. The molecule has 0 saturated carbocycles. The summed E-state index contributed by atoms with van der Waals surface area (Å²) in [4.78, 5) is 2.55. The van der Waals surface area contributed by atoms with E-state index < -0.39 is 0 Å². The topological polar surface area (TPSA) is 29.3 Å². The van der Waals surface area contributed by atoms with Gasteiger partial charge in [-0.2, -0.15) is 0 Å². The van der Waals surface area contributed by atoms with Crippen LogP contribution in [0.2, 0.25) is 0 Å². The third-order valence-corrected chi connectivity index (χ3v) is 3.33. The molecule has 0 amide bonds. The minimum atomic E-state index is 0.508. The van der Waals surface area contributed by atoms with Crippen molar-refractivity contribution in [2.24, 2.45) is 0 Å². The Balaban J connectivity index is 2.08. The molecular weight excluding hydrogens is 184 g/mol. The highest BCUT2D eigenvalue weighted by Gasteiger charge is 2.17. The van der Waals surface area contributed by atoms with Gasteiger partial charge in [0, 0.05) is 11.7 Å². The van der Waals surface area contributed by atoms with Gasteiger partial charge >= 0.3 is 0 Å². The van der Waals surface area contributed by atoms with Crippen molar-refractivity contribution in [3.63, 3.8) is 0 Å². The number of nitrogens with zero attached hydrogens (tertiary/aromatic N) is 1. The first kappa shape index (κ1) is 10.5. The first-order valence-electron chi connectivity index (χ1n) is 5.87. The quantitative estimate of drug-likeness (QED) is 0.751. The van der Waals surface area contributed by atoms with E-state index >= 15 is 0 Å². The average Bonchev–Trinajstić information content (AvgIpc) is 2.29. The van der Waals surface area contributed by atoms with E-state index in [0.29, 0.717) is 6.04 Å². The smallest absolute Gasteiger partial charge is 0.0320 e. The molecule has 0 aromatic heterocycles. The molecule has 2 N–H and O–H groups in total. The molecular formula is C13H20N2. The molecule has 1 aliphatic rings. The van der Waals surface area contributed by atoms with E-state index in [0.717, 1.165) is 5.69 Å². The van der Waals surface area contributed by atoms with Crippen LogP contribution in [0.3, 0.4) is 0 Å². The minimum absolute atomic E-state index is 0.508. The number of piperidine rings is 1. The van der Waals surface area contributed by atoms with Crippen molar-refractivity contribution in [3.05, 3.63) is 29.8 Å². The van der Waals surface area contributed by atoms with Crippen molar-refractivity contribution in [3.8, 4) is 0 Å². The first-order chi connectivity index (χ1) is 7.27. The lowest BCUT2D eigenvalue weighted by atomic mass is 10.0. The van der Waals surface area contributed by atoms with Crippen LogP contribution >= 0.6 is 0 Å². The van der Waals surface area contributed by atoms with E-state index in [4.69, 9.17) is 5.73 Å². The monoisotopic (exact) mass is 204 g/mol. The van der Waals surface area contributed by atoms with Crippen molar-refractivity contribution < 1.29 is 0 Å². The maximum absolute atomic E-state index is 5.81. The third kappa shape index (κ3) is 2.51. The summed E-state index contributed by atoms with van der Waals surface area (Å²) in [5.74, 6) is 0. The summed E-state index contributed by atoms with van der Waals surface area (Å²) in [5.41, 5.74) is 8.02. The second-order valence-electron chi connectivity index (χ2n) is 4.44. The van der Waals surface area contributed by atoms with Gasteiger partial charge in [0.05, 0.1) is 0 Å². The van der Waals surface area contributed by atoms with E-state index in [1.54, 1.807) is 0 Å². The van der Waals surface area contributed by atoms with Gasteiger partial charge in [-0.3, -0.25) is 4.90 Å². The lowest BCUT2D eigenvalue weighted by Gasteiger charge is -2.32. The maximum Gasteiger partial charge on any atom is 0.0320 e. The molecule has 1 aromatic rings. The number of nitrogen functional groups attached to an aromatic ring is 1. The second kappa shape index (κ2) is 4.67. The highest BCUT2D eigenvalue weighted by Crippen LogP contribution is 2.24. The van der Waals surface area contributed by atoms with Crippen LogP contribution in [0.15, 0.2) is 24.3 Å². The summed E-state index contributed by atoms with van der Waals surface area (Å²) < 4.78 is 0. The van der Waals surface area contributed by atoms with Gasteiger partial charge in [-0.15, -0.1) is 0 Å². The molecule has 1 atom stereocenters. The molecule has 1 unspecified atom stereocenters. The summed E-state index contributed by atoms with van der Waals surface area (Å²) in [7, 11) is 0. The highest BCUT2D eigenvalue weighted by atomic mass is 15.2. The van der Waals surface area contributed by atoms with Crippen molar-refractivity contribution in [1.82, 2.24) is 4.90 Å². The summed E-state index contributed by atoms with van der Waals surface area (Å²) in [6, 6.07) is 8.78. The first-order valence-corrected chi connectivity index (χ1v) is 5.87. The zero-order valence-corrected chi connectivity index (χ0v) is 9.45. The molecule has 1 heterocycles. The third-order valence-electron chi connectivity index (χ3n) is 3.33. The van der Waals surface area contributed by atoms with Crippen LogP contribution in [0, 0.1) is 0 Å². The Morgan fingerprint density at radius 3 is 2.60 bits per heavy atom. The number of likely N-dealkylation sites (tertiary alicyclic amines) is 1. The summed E-state index contributed by atoms with van der Waals surface area (Å²) in [5, 5.41) is 0. The van der Waals surface area contributed by atoms with Crippen LogP contribution in [0.5, 0.6) is 0 Å². The summed E-state index contributed by atoms with van der Waals surface area (Å²) >= 11 is 0. The average molecular weight is 204 g/mol. The molecule has 2 heteroatoms. The van der Waals surface area contributed by atoms with Gasteiger partial charge < -0.3 is 5.73 Å². The predicted molar refractivity (Wildman–Crippen MR) is 64.7 cm³/mol. The number of nitrogens with two attached hydrogens (primary N) is 1. The van der Waals surface area contributed by atoms with Crippen molar-refractivity contribution in [2.75, 3.05) is 18.8 Å². The number of rotatable bonds is 2. The van der Waals surface area contributed by atoms with Gasteiger partial charge in [0.2, 0.25) is 0 Å². The van der Waals surface area contributed by atoms with E-state index in [1.165, 1.54) is 37.9 Å². The zero-order valence-electron chi connectivity index (χ0n) is 9.45. The zero-order chi connectivity index (χ0) is 10.7. The SMILES string of the molecule is CC(c1cccc(N)c1)N1CCCCC1. The van der Waals surface area contributed by atoms with Gasteiger partial charge in [-0.25, -0.2) is 0 Å². The Bertz CT molecular complexity index is 316. The number of hydrogen-bond donors (Lipinski definition) is 1. The second-order valence-corrected chi connectivity index (χ2v) is 4.44. The van der Waals surface area contributed by atoms with E-state index in [-0.39, 0.29) is 0 Å². The Hall–Kier alpha value is -1.02. The number of anilines is 1. The summed E-state index contributed by atoms with van der Waals surface area (Å²) in [6.45, 7) is 4.74. The number of benzene rings is 1. The fourth-order valence-corrected chi connectivity index (χ4v) is 2.34. The molecule has 0 spiro atoms. The molecule has 15 heavy (non-hydrogen) atoms. The molecule has 82 valence electrons. The Kier molecular flexibility index (Phi) is 3.27. The van der Waals surface area contributed by atoms with Gasteiger partial charge in [-0.05, 0) is 50.6 Å². The Labute approximate surface area is 92.1 Å². The van der Waals surface area contributed by atoms with E-state index in [2.05, 4.69) is 24.0 Å². The highest BCUT2D eigenvalue weighted by molar-refractivity contribution is 5.41. The molecule has 1 fully saturated rings. The van der Waals surface area contributed by atoms with Crippen molar-refractivity contribution in [2.45, 2.75) is 32.2 Å². The molecule has 1 aromatic carbocycles. The summed E-state index contributed by atoms with van der Waals surface area (Å²) in [6.07, 6.45) is 4.07. The molecule has 1 aliphatic heterocycles. The van der Waals surface area contributed by atoms with Crippen LogP contribution in [-0.2, 0) is 0 Å². The lowest BCUT2D eigenvalue weighted by Crippen LogP contribution is -2.32.